The molecule has 0 aromatic heterocycles. The smallest absolute Gasteiger partial charge is 0.361 e. The van der Waals surface area contributed by atoms with Crippen LogP contribution in [0.25, 0.3) is 0 Å². The Balaban J connectivity index is 2.00. The molecule has 2 rings (SSSR count). The van der Waals surface area contributed by atoms with Crippen LogP contribution >= 0.6 is 0 Å². The molecule has 1 aliphatic carbocycles. The Morgan fingerprint density at radius 1 is 1.42 bits per heavy atom. The molecular weight excluding hydrogens is 263 g/mol. The molecule has 0 bridgehead atoms. The molecule has 0 saturated carbocycles. The summed E-state index contributed by atoms with van der Waals surface area (Å²) >= 11 is 0. The maximum atomic E-state index is 12.0. The van der Waals surface area contributed by atoms with Crippen LogP contribution in [-0.2, 0) is 14.4 Å². The number of rotatable bonds is 3. The molecule has 0 unspecified atom stereocenters. The van der Waals surface area contributed by atoms with Crippen molar-refractivity contribution in [1.82, 2.24) is 5.06 Å². The predicted octanol–water partition coefficient (Wildman–Crippen LogP) is 1.98. The van der Waals surface area contributed by atoms with Crippen LogP contribution in [0.3, 0.4) is 0 Å². The normalized spacial score (nSPS) is 30.6. The van der Waals surface area contributed by atoms with Gasteiger partial charge in [0.05, 0.1) is 13.2 Å². The number of alkyl halides is 3. The number of hydrogen-bond acceptors (Lipinski definition) is 3. The average molecular weight is 277 g/mol. The number of amides is 1. The number of hydrogen-bond donors (Lipinski definition) is 0. The monoisotopic (exact) mass is 277 g/mol. The largest absolute Gasteiger partial charge is 0.411 e. The molecule has 106 valence electrons. The second kappa shape index (κ2) is 4.97. The van der Waals surface area contributed by atoms with Crippen molar-refractivity contribution in [3.63, 3.8) is 0 Å². The molecule has 4 nitrogen and oxygen atoms in total. The van der Waals surface area contributed by atoms with Gasteiger partial charge < -0.3 is 4.74 Å². The van der Waals surface area contributed by atoms with Crippen molar-refractivity contribution < 1.29 is 27.5 Å². The van der Waals surface area contributed by atoms with Crippen LogP contribution < -0.4 is 0 Å². The van der Waals surface area contributed by atoms with E-state index in [4.69, 9.17) is 9.57 Å². The van der Waals surface area contributed by atoms with E-state index in [9.17, 15) is 18.0 Å². The van der Waals surface area contributed by atoms with Gasteiger partial charge in [0.2, 0.25) is 5.91 Å². The highest BCUT2D eigenvalue weighted by Crippen LogP contribution is 2.35. The molecule has 0 radical (unpaired) electrons. The van der Waals surface area contributed by atoms with E-state index in [0.717, 1.165) is 0 Å². The van der Waals surface area contributed by atoms with Crippen LogP contribution in [0.2, 0.25) is 0 Å². The lowest BCUT2D eigenvalue weighted by molar-refractivity contribution is -0.183. The number of hydroxylamine groups is 2. The zero-order chi connectivity index (χ0) is 14.1. The maximum absolute atomic E-state index is 12.0. The third-order valence-corrected chi connectivity index (χ3v) is 3.12. The fourth-order valence-corrected chi connectivity index (χ4v) is 2.26. The Labute approximate surface area is 108 Å². The molecule has 0 N–H and O–H groups in total. The molecule has 7 heteroatoms. The number of halogens is 3. The topological polar surface area (TPSA) is 38.8 Å². The minimum atomic E-state index is -4.35. The lowest BCUT2D eigenvalue weighted by Crippen LogP contribution is -2.43. The highest BCUT2D eigenvalue weighted by Gasteiger charge is 2.44. The first-order valence-corrected chi connectivity index (χ1v) is 5.80. The van der Waals surface area contributed by atoms with E-state index in [0.29, 0.717) is 12.8 Å². The molecule has 1 heterocycles. The average Bonchev–Trinajstić information content (AvgIpc) is 2.64. The summed E-state index contributed by atoms with van der Waals surface area (Å²) < 4.78 is 40.8. The van der Waals surface area contributed by atoms with Crippen molar-refractivity contribution in [3.8, 4) is 0 Å². The van der Waals surface area contributed by atoms with E-state index in [2.05, 4.69) is 0 Å². The van der Waals surface area contributed by atoms with Crippen LogP contribution in [0.1, 0.15) is 12.8 Å². The zero-order valence-corrected chi connectivity index (χ0v) is 10.3. The van der Waals surface area contributed by atoms with Gasteiger partial charge in [-0.3, -0.25) is 9.63 Å². The zero-order valence-electron chi connectivity index (χ0n) is 10.3. The van der Waals surface area contributed by atoms with Gasteiger partial charge in [0.1, 0.15) is 12.1 Å². The van der Waals surface area contributed by atoms with Gasteiger partial charge >= 0.3 is 6.18 Å². The Hall–Kier alpha value is -1.34. The Bertz CT molecular complexity index is 403. The SMILES string of the molecule is CON1C(=O)CCC12C=CC(OCC(F)(F)F)C=C2. The predicted molar refractivity (Wildman–Crippen MR) is 59.9 cm³/mol. The van der Waals surface area contributed by atoms with Crippen LogP contribution in [0.5, 0.6) is 0 Å². The van der Waals surface area contributed by atoms with Crippen LogP contribution in [-0.4, -0.2) is 42.5 Å². The molecule has 0 atom stereocenters. The molecule has 1 amide bonds. The van der Waals surface area contributed by atoms with E-state index in [1.807, 2.05) is 0 Å². The number of carbonyl (C=O) groups is 1. The van der Waals surface area contributed by atoms with Crippen molar-refractivity contribution in [3.05, 3.63) is 24.3 Å². The minimum absolute atomic E-state index is 0.147. The lowest BCUT2D eigenvalue weighted by atomic mass is 9.91. The molecular formula is C12H14F3NO3. The van der Waals surface area contributed by atoms with Gasteiger partial charge in [0.15, 0.2) is 0 Å². The quantitative estimate of drug-likeness (QED) is 0.740. The van der Waals surface area contributed by atoms with Gasteiger partial charge in [-0.25, -0.2) is 5.06 Å². The minimum Gasteiger partial charge on any atom is -0.361 e. The summed E-state index contributed by atoms with van der Waals surface area (Å²) in [4.78, 5) is 16.6. The molecule has 19 heavy (non-hydrogen) atoms. The maximum Gasteiger partial charge on any atom is 0.411 e. The molecule has 1 saturated heterocycles. The third-order valence-electron chi connectivity index (χ3n) is 3.12. The van der Waals surface area contributed by atoms with Gasteiger partial charge in [-0.05, 0) is 6.42 Å². The van der Waals surface area contributed by atoms with Crippen molar-refractivity contribution in [2.24, 2.45) is 0 Å². The highest BCUT2D eigenvalue weighted by atomic mass is 19.4. The van der Waals surface area contributed by atoms with Crippen LogP contribution in [0.15, 0.2) is 24.3 Å². The van der Waals surface area contributed by atoms with E-state index < -0.39 is 24.4 Å². The van der Waals surface area contributed by atoms with Crippen molar-refractivity contribution in [2.75, 3.05) is 13.7 Å². The summed E-state index contributed by atoms with van der Waals surface area (Å²) in [5.74, 6) is -0.147. The summed E-state index contributed by atoms with van der Waals surface area (Å²) in [5, 5.41) is 1.24. The van der Waals surface area contributed by atoms with Crippen LogP contribution in [0.4, 0.5) is 13.2 Å². The Morgan fingerprint density at radius 3 is 2.58 bits per heavy atom. The first-order chi connectivity index (χ1) is 8.86. The number of carbonyl (C=O) groups excluding carboxylic acids is 1. The Morgan fingerprint density at radius 2 is 2.05 bits per heavy atom. The summed E-state index contributed by atoms with van der Waals surface area (Å²) in [7, 11) is 1.39. The van der Waals surface area contributed by atoms with Crippen LogP contribution in [0, 0.1) is 0 Å². The third kappa shape index (κ3) is 2.98. The fourth-order valence-electron chi connectivity index (χ4n) is 2.26. The fraction of sp³-hybridized carbons (Fsp3) is 0.583. The second-order valence-electron chi connectivity index (χ2n) is 4.47. The van der Waals surface area contributed by atoms with Crippen molar-refractivity contribution in [2.45, 2.75) is 30.7 Å². The molecule has 2 aliphatic rings. The lowest BCUT2D eigenvalue weighted by Gasteiger charge is -2.33. The van der Waals surface area contributed by atoms with E-state index >= 15 is 0 Å². The summed E-state index contributed by atoms with van der Waals surface area (Å²) in [6.45, 7) is -1.30. The summed E-state index contributed by atoms with van der Waals surface area (Å²) in [6, 6.07) is 0. The van der Waals surface area contributed by atoms with Gasteiger partial charge in [-0.1, -0.05) is 24.3 Å². The number of nitrogens with zero attached hydrogens (tertiary/aromatic N) is 1. The molecule has 1 aliphatic heterocycles. The first-order valence-electron chi connectivity index (χ1n) is 5.80. The van der Waals surface area contributed by atoms with Gasteiger partial charge in [0.25, 0.3) is 0 Å². The van der Waals surface area contributed by atoms with E-state index in [1.165, 1.54) is 24.3 Å². The summed E-state index contributed by atoms with van der Waals surface area (Å²) in [5.41, 5.74) is -0.691. The molecule has 1 fully saturated rings. The summed E-state index contributed by atoms with van der Waals surface area (Å²) in [6.07, 6.45) is 2.13. The second-order valence-corrected chi connectivity index (χ2v) is 4.47. The molecule has 0 aromatic rings. The van der Waals surface area contributed by atoms with Gasteiger partial charge in [-0.2, -0.15) is 13.2 Å². The van der Waals surface area contributed by atoms with Gasteiger partial charge in [0, 0.05) is 6.42 Å². The highest BCUT2D eigenvalue weighted by molar-refractivity contribution is 5.80. The molecule has 0 aromatic carbocycles. The first kappa shape index (κ1) is 14.1. The van der Waals surface area contributed by atoms with E-state index in [1.54, 1.807) is 12.2 Å². The Kier molecular flexibility index (Phi) is 3.69. The van der Waals surface area contributed by atoms with Crippen molar-refractivity contribution in [1.29, 1.82) is 0 Å². The van der Waals surface area contributed by atoms with Gasteiger partial charge in [-0.15, -0.1) is 0 Å². The molecule has 1 spiro atoms. The van der Waals surface area contributed by atoms with E-state index in [-0.39, 0.29) is 5.91 Å². The standard InChI is InChI=1S/C12H14F3NO3/c1-18-16-10(17)4-7-11(16)5-2-9(3-6-11)19-8-12(13,14)15/h2-3,5-6,9H,4,7-8H2,1H3. The van der Waals surface area contributed by atoms with Crippen molar-refractivity contribution >= 4 is 5.91 Å². The number of ether oxygens (including phenoxy) is 1.